The highest BCUT2D eigenvalue weighted by atomic mass is 16.5. The zero-order valence-corrected chi connectivity index (χ0v) is 16.5. The fraction of sp³-hybridized carbons (Fsp3) is 0.0357. The molecule has 0 fully saturated rings. The Morgan fingerprint density at radius 2 is 1.07 bits per heavy atom. The molecule has 4 aromatic rings. The maximum atomic E-state index is 6.45. The molecule has 1 heterocycles. The zero-order valence-electron chi connectivity index (χ0n) is 16.5. The van der Waals surface area contributed by atoms with E-state index in [9.17, 15) is 0 Å². The van der Waals surface area contributed by atoms with Crippen LogP contribution in [0.3, 0.4) is 0 Å². The van der Waals surface area contributed by atoms with E-state index >= 15 is 0 Å². The number of benzene rings is 4. The fourth-order valence-corrected chi connectivity index (χ4v) is 3.76. The van der Waals surface area contributed by atoms with Gasteiger partial charge in [-0.2, -0.15) is 0 Å². The third-order valence-electron chi connectivity index (χ3n) is 5.20. The molecule has 0 aliphatic carbocycles. The van der Waals surface area contributed by atoms with Gasteiger partial charge in [0.05, 0.1) is 6.54 Å². The summed E-state index contributed by atoms with van der Waals surface area (Å²) in [5, 5.41) is 0. The van der Waals surface area contributed by atoms with E-state index in [0.29, 0.717) is 12.4 Å². The van der Waals surface area contributed by atoms with Crippen molar-refractivity contribution in [2.45, 2.75) is 6.54 Å². The van der Waals surface area contributed by atoms with Gasteiger partial charge < -0.3 is 4.74 Å². The van der Waals surface area contributed by atoms with Gasteiger partial charge in [0.1, 0.15) is 5.76 Å². The summed E-state index contributed by atoms with van der Waals surface area (Å²) in [7, 11) is 0. The van der Waals surface area contributed by atoms with Crippen LogP contribution in [-0.2, 0) is 11.3 Å². The van der Waals surface area contributed by atoms with Crippen molar-refractivity contribution in [2.75, 3.05) is 0 Å². The van der Waals surface area contributed by atoms with Gasteiger partial charge in [-0.1, -0.05) is 109 Å². The van der Waals surface area contributed by atoms with Crippen molar-refractivity contribution < 1.29 is 4.74 Å². The van der Waals surface area contributed by atoms with Crippen LogP contribution in [0.2, 0.25) is 0 Å². The molecule has 0 aromatic heterocycles. The second-order valence-electron chi connectivity index (χ2n) is 7.19. The summed E-state index contributed by atoms with van der Waals surface area (Å²) in [5.74, 6) is 1.53. The Labute approximate surface area is 176 Å². The third kappa shape index (κ3) is 3.56. The van der Waals surface area contributed by atoms with Gasteiger partial charge in [-0.15, -0.1) is 0 Å². The monoisotopic (exact) mass is 387 g/mol. The molecule has 144 valence electrons. The minimum absolute atomic E-state index is 0.587. The van der Waals surface area contributed by atoms with Crippen LogP contribution in [0.25, 0.3) is 11.3 Å². The first kappa shape index (κ1) is 18.1. The predicted octanol–water partition coefficient (Wildman–Crippen LogP) is 6.58. The maximum absolute atomic E-state index is 6.45. The van der Waals surface area contributed by atoms with Crippen LogP contribution in [0.15, 0.2) is 120 Å². The number of nitrogens with zero attached hydrogens (tertiary/aromatic N) is 1. The molecular formula is C28H21NO. The molecular weight excluding hydrogens is 366 g/mol. The minimum atomic E-state index is 0.587. The summed E-state index contributed by atoms with van der Waals surface area (Å²) in [6, 6.07) is 39.3. The van der Waals surface area contributed by atoms with E-state index in [1.165, 1.54) is 0 Å². The van der Waals surface area contributed by atoms with Crippen molar-refractivity contribution >= 4 is 17.2 Å². The molecule has 0 radical (unpaired) electrons. The normalized spacial score (nSPS) is 13.7. The molecule has 0 atom stereocenters. The molecule has 0 amide bonds. The van der Waals surface area contributed by atoms with Crippen molar-refractivity contribution in [1.29, 1.82) is 0 Å². The Balaban J connectivity index is 1.66. The highest BCUT2D eigenvalue weighted by Crippen LogP contribution is 2.39. The Bertz CT molecular complexity index is 1170. The lowest BCUT2D eigenvalue weighted by Crippen LogP contribution is -1.99. The predicted molar refractivity (Wildman–Crippen MR) is 123 cm³/mol. The standard InChI is InChI=1S/C28H21NO/c1-4-12-21(13-5-1)20-29-28-25-19-11-10-18-24(25)27(30-28)26(22-14-6-2-7-15-22)23-16-8-3-9-17-23/h1-19H,20H2. The number of aliphatic imine (C=N–C) groups is 1. The molecule has 2 heteroatoms. The average molecular weight is 387 g/mol. The van der Waals surface area contributed by atoms with Crippen LogP contribution in [0.4, 0.5) is 0 Å². The number of ether oxygens (including phenoxy) is 1. The second-order valence-corrected chi connectivity index (χ2v) is 7.19. The summed E-state index contributed by atoms with van der Waals surface area (Å²) in [4.78, 5) is 4.82. The Morgan fingerprint density at radius 1 is 0.567 bits per heavy atom. The van der Waals surface area contributed by atoms with E-state index in [4.69, 9.17) is 9.73 Å². The summed E-state index contributed by atoms with van der Waals surface area (Å²) in [5.41, 5.74) is 6.60. The van der Waals surface area contributed by atoms with Gasteiger partial charge in [0.2, 0.25) is 5.90 Å². The summed E-state index contributed by atoms with van der Waals surface area (Å²) >= 11 is 0. The lowest BCUT2D eigenvalue weighted by atomic mass is 9.94. The molecule has 5 rings (SSSR count). The lowest BCUT2D eigenvalue weighted by Gasteiger charge is -2.12. The van der Waals surface area contributed by atoms with Gasteiger partial charge in [0.15, 0.2) is 0 Å². The maximum Gasteiger partial charge on any atom is 0.223 e. The first-order valence-corrected chi connectivity index (χ1v) is 10.1. The number of hydrogen-bond donors (Lipinski definition) is 0. The molecule has 2 nitrogen and oxygen atoms in total. The number of hydrogen-bond acceptors (Lipinski definition) is 2. The van der Waals surface area contributed by atoms with Crippen LogP contribution in [-0.4, -0.2) is 5.90 Å². The molecule has 4 aromatic carbocycles. The number of rotatable bonds is 4. The summed E-state index contributed by atoms with van der Waals surface area (Å²) < 4.78 is 6.45. The van der Waals surface area contributed by atoms with Gasteiger partial charge >= 0.3 is 0 Å². The van der Waals surface area contributed by atoms with Crippen LogP contribution in [0.5, 0.6) is 0 Å². The van der Waals surface area contributed by atoms with Gasteiger partial charge in [-0.25, -0.2) is 4.99 Å². The SMILES string of the molecule is c1ccc(CN=C2OC(=C(c3ccccc3)c3ccccc3)c3ccccc32)cc1. The molecule has 0 saturated heterocycles. The van der Waals surface area contributed by atoms with Crippen LogP contribution in [0.1, 0.15) is 27.8 Å². The fourth-order valence-electron chi connectivity index (χ4n) is 3.76. The van der Waals surface area contributed by atoms with Crippen LogP contribution >= 0.6 is 0 Å². The molecule has 1 aliphatic rings. The Kier molecular flexibility index (Phi) is 4.97. The van der Waals surface area contributed by atoms with Gasteiger partial charge in [0.25, 0.3) is 0 Å². The minimum Gasteiger partial charge on any atom is -0.437 e. The zero-order chi connectivity index (χ0) is 20.2. The highest BCUT2D eigenvalue weighted by molar-refractivity contribution is 6.12. The summed E-state index contributed by atoms with van der Waals surface area (Å²) in [6.07, 6.45) is 0. The quantitative estimate of drug-likeness (QED) is 0.387. The lowest BCUT2D eigenvalue weighted by molar-refractivity contribution is 0.523. The van der Waals surface area contributed by atoms with Crippen LogP contribution < -0.4 is 0 Å². The number of fused-ring (bicyclic) bond motifs is 1. The molecule has 0 unspecified atom stereocenters. The Hall–Kier alpha value is -3.91. The molecule has 0 spiro atoms. The largest absolute Gasteiger partial charge is 0.437 e. The molecule has 0 saturated carbocycles. The van der Waals surface area contributed by atoms with Gasteiger partial charge in [0, 0.05) is 16.7 Å². The van der Waals surface area contributed by atoms with Crippen molar-refractivity contribution in [3.05, 3.63) is 143 Å². The molecule has 30 heavy (non-hydrogen) atoms. The summed E-state index contributed by atoms with van der Waals surface area (Å²) in [6.45, 7) is 0.587. The van der Waals surface area contributed by atoms with Gasteiger partial charge in [-0.3, -0.25) is 0 Å². The molecule has 0 N–H and O–H groups in total. The second kappa shape index (κ2) is 8.22. The van der Waals surface area contributed by atoms with E-state index in [1.54, 1.807) is 0 Å². The molecule has 1 aliphatic heterocycles. The van der Waals surface area contributed by atoms with Crippen molar-refractivity contribution in [3.8, 4) is 0 Å². The van der Waals surface area contributed by atoms with E-state index in [-0.39, 0.29) is 0 Å². The van der Waals surface area contributed by atoms with Crippen LogP contribution in [0, 0.1) is 0 Å². The third-order valence-corrected chi connectivity index (χ3v) is 5.20. The average Bonchev–Trinajstić information content (AvgIpc) is 3.18. The smallest absolute Gasteiger partial charge is 0.223 e. The van der Waals surface area contributed by atoms with Gasteiger partial charge in [-0.05, 0) is 22.8 Å². The van der Waals surface area contributed by atoms with Crippen molar-refractivity contribution in [1.82, 2.24) is 0 Å². The van der Waals surface area contributed by atoms with E-state index in [0.717, 1.165) is 39.1 Å². The van der Waals surface area contributed by atoms with Crippen molar-refractivity contribution in [2.24, 2.45) is 4.99 Å². The topological polar surface area (TPSA) is 21.6 Å². The van der Waals surface area contributed by atoms with E-state index in [2.05, 4.69) is 78.9 Å². The first-order chi connectivity index (χ1) is 14.9. The highest BCUT2D eigenvalue weighted by Gasteiger charge is 2.28. The first-order valence-electron chi connectivity index (χ1n) is 10.1. The molecule has 0 bridgehead atoms. The Morgan fingerprint density at radius 3 is 1.67 bits per heavy atom. The van der Waals surface area contributed by atoms with Crippen molar-refractivity contribution in [3.63, 3.8) is 0 Å². The van der Waals surface area contributed by atoms with E-state index < -0.39 is 0 Å². The van der Waals surface area contributed by atoms with E-state index in [1.807, 2.05) is 36.4 Å².